The van der Waals surface area contributed by atoms with Crippen LogP contribution in [0.4, 0.5) is 5.95 Å². The number of hydrogen-bond donors (Lipinski definition) is 1. The number of thiazole rings is 1. The van der Waals surface area contributed by atoms with Crippen LogP contribution in [0.15, 0.2) is 40.8 Å². The molecule has 0 aliphatic carbocycles. The summed E-state index contributed by atoms with van der Waals surface area (Å²) >= 11 is 7.45. The molecule has 7 heteroatoms. The second kappa shape index (κ2) is 6.85. The van der Waals surface area contributed by atoms with Gasteiger partial charge in [-0.25, -0.2) is 20.4 Å². The third-order valence-corrected chi connectivity index (χ3v) is 4.12. The molecule has 0 amide bonds. The molecule has 1 N–H and O–H groups in total. The lowest BCUT2D eigenvalue weighted by Crippen LogP contribution is -1.99. The van der Waals surface area contributed by atoms with Gasteiger partial charge in [0.1, 0.15) is 5.01 Å². The Labute approximate surface area is 143 Å². The van der Waals surface area contributed by atoms with Crippen molar-refractivity contribution in [2.24, 2.45) is 5.10 Å². The number of nitrogens with zero attached hydrogens (tertiary/aromatic N) is 4. The van der Waals surface area contributed by atoms with Crippen molar-refractivity contribution in [3.8, 4) is 10.6 Å². The number of rotatable bonds is 4. The van der Waals surface area contributed by atoms with Gasteiger partial charge in [0, 0.05) is 27.4 Å². The summed E-state index contributed by atoms with van der Waals surface area (Å²) in [6, 6.07) is 9.51. The summed E-state index contributed by atoms with van der Waals surface area (Å²) in [5, 5.41) is 7.71. The van der Waals surface area contributed by atoms with Crippen molar-refractivity contribution in [1.29, 1.82) is 0 Å². The molecule has 2 heterocycles. The Morgan fingerprint density at radius 2 is 1.78 bits per heavy atom. The minimum atomic E-state index is 0.479. The normalized spacial score (nSPS) is 11.1. The van der Waals surface area contributed by atoms with Crippen LogP contribution >= 0.6 is 22.9 Å². The van der Waals surface area contributed by atoms with E-state index in [1.165, 1.54) is 0 Å². The molecule has 116 valence electrons. The van der Waals surface area contributed by atoms with E-state index in [0.29, 0.717) is 11.0 Å². The Morgan fingerprint density at radius 3 is 2.48 bits per heavy atom. The van der Waals surface area contributed by atoms with Crippen LogP contribution in [0.5, 0.6) is 0 Å². The van der Waals surface area contributed by atoms with E-state index in [1.54, 1.807) is 17.6 Å². The minimum absolute atomic E-state index is 0.479. The Balaban J connectivity index is 1.70. The van der Waals surface area contributed by atoms with Crippen LogP contribution in [0.25, 0.3) is 10.6 Å². The first-order valence-electron chi connectivity index (χ1n) is 6.93. The van der Waals surface area contributed by atoms with Gasteiger partial charge in [-0.05, 0) is 32.0 Å². The molecule has 23 heavy (non-hydrogen) atoms. The predicted molar refractivity (Wildman–Crippen MR) is 95.3 cm³/mol. The molecular weight excluding hydrogens is 330 g/mol. The number of benzene rings is 1. The number of anilines is 1. The van der Waals surface area contributed by atoms with Gasteiger partial charge in [0.25, 0.3) is 0 Å². The number of hydrazone groups is 1. The maximum atomic E-state index is 5.89. The Hall–Kier alpha value is -2.31. The number of aromatic nitrogens is 3. The van der Waals surface area contributed by atoms with Crippen LogP contribution in [-0.4, -0.2) is 21.2 Å². The molecule has 0 saturated heterocycles. The van der Waals surface area contributed by atoms with E-state index in [2.05, 4.69) is 25.5 Å². The average molecular weight is 344 g/mol. The summed E-state index contributed by atoms with van der Waals surface area (Å²) in [6.07, 6.45) is 1.65. The zero-order valence-electron chi connectivity index (χ0n) is 12.6. The quantitative estimate of drug-likeness (QED) is 0.566. The summed E-state index contributed by atoms with van der Waals surface area (Å²) in [6.45, 7) is 3.84. The standard InChI is InChI=1S/C16H14ClN5S/c1-10-7-11(2)20-16(19-10)22-18-8-14-9-23-15(21-14)12-3-5-13(17)6-4-12/h3-9H,1-2H3,(H,19,20,22)/b18-8-. The topological polar surface area (TPSA) is 63.1 Å². The summed E-state index contributed by atoms with van der Waals surface area (Å²) in [4.78, 5) is 13.0. The van der Waals surface area contributed by atoms with Crippen molar-refractivity contribution < 1.29 is 0 Å². The monoisotopic (exact) mass is 343 g/mol. The van der Waals surface area contributed by atoms with Gasteiger partial charge in [-0.15, -0.1) is 11.3 Å². The van der Waals surface area contributed by atoms with Crippen LogP contribution in [0, 0.1) is 13.8 Å². The summed E-state index contributed by atoms with van der Waals surface area (Å²) in [7, 11) is 0. The van der Waals surface area contributed by atoms with Gasteiger partial charge in [-0.3, -0.25) is 0 Å². The highest BCUT2D eigenvalue weighted by Crippen LogP contribution is 2.24. The van der Waals surface area contributed by atoms with E-state index < -0.39 is 0 Å². The highest BCUT2D eigenvalue weighted by molar-refractivity contribution is 7.13. The lowest BCUT2D eigenvalue weighted by molar-refractivity contribution is 1.03. The highest BCUT2D eigenvalue weighted by Gasteiger charge is 2.03. The molecular formula is C16H14ClN5S. The molecule has 0 unspecified atom stereocenters. The van der Waals surface area contributed by atoms with Gasteiger partial charge in [0.15, 0.2) is 0 Å². The molecule has 0 bridgehead atoms. The summed E-state index contributed by atoms with van der Waals surface area (Å²) in [5.41, 5.74) is 6.43. The first-order valence-corrected chi connectivity index (χ1v) is 8.19. The molecule has 0 fully saturated rings. The number of hydrogen-bond acceptors (Lipinski definition) is 6. The fourth-order valence-corrected chi connectivity index (χ4v) is 2.90. The van der Waals surface area contributed by atoms with Crippen molar-refractivity contribution in [1.82, 2.24) is 15.0 Å². The number of nitrogens with one attached hydrogen (secondary N) is 1. The lowest BCUT2D eigenvalue weighted by atomic mass is 10.2. The smallest absolute Gasteiger partial charge is 0.243 e. The van der Waals surface area contributed by atoms with Gasteiger partial charge in [0.05, 0.1) is 11.9 Å². The molecule has 5 nitrogen and oxygen atoms in total. The van der Waals surface area contributed by atoms with Crippen molar-refractivity contribution >= 4 is 35.1 Å². The molecule has 0 aliphatic heterocycles. The maximum absolute atomic E-state index is 5.89. The zero-order valence-corrected chi connectivity index (χ0v) is 14.2. The molecule has 0 aliphatic rings. The van der Waals surface area contributed by atoms with Crippen LogP contribution in [0.3, 0.4) is 0 Å². The van der Waals surface area contributed by atoms with E-state index >= 15 is 0 Å². The number of halogens is 1. The number of aryl methyl sites for hydroxylation is 2. The summed E-state index contributed by atoms with van der Waals surface area (Å²) in [5.74, 6) is 0.479. The SMILES string of the molecule is Cc1cc(C)nc(N/N=C\c2csc(-c3ccc(Cl)cc3)n2)n1. The van der Waals surface area contributed by atoms with Gasteiger partial charge >= 0.3 is 0 Å². The second-order valence-electron chi connectivity index (χ2n) is 4.93. The predicted octanol–water partition coefficient (Wildman–Crippen LogP) is 4.32. The molecule has 1 aromatic carbocycles. The van der Waals surface area contributed by atoms with E-state index in [0.717, 1.165) is 27.7 Å². The average Bonchev–Trinajstić information content (AvgIpc) is 2.96. The Bertz CT molecular complexity index is 822. The fourth-order valence-electron chi connectivity index (χ4n) is 2.00. The van der Waals surface area contributed by atoms with Crippen LogP contribution in [0.2, 0.25) is 5.02 Å². The van der Waals surface area contributed by atoms with E-state index in [-0.39, 0.29) is 0 Å². The highest BCUT2D eigenvalue weighted by atomic mass is 35.5. The van der Waals surface area contributed by atoms with E-state index in [9.17, 15) is 0 Å². The van der Waals surface area contributed by atoms with E-state index in [1.807, 2.05) is 49.6 Å². The van der Waals surface area contributed by atoms with Crippen molar-refractivity contribution in [2.45, 2.75) is 13.8 Å². The fraction of sp³-hybridized carbons (Fsp3) is 0.125. The lowest BCUT2D eigenvalue weighted by Gasteiger charge is -2.00. The molecule has 0 spiro atoms. The van der Waals surface area contributed by atoms with Gasteiger partial charge in [-0.1, -0.05) is 23.7 Å². The van der Waals surface area contributed by atoms with Crippen LogP contribution in [0.1, 0.15) is 17.1 Å². The molecule has 3 rings (SSSR count). The zero-order chi connectivity index (χ0) is 16.2. The van der Waals surface area contributed by atoms with Gasteiger partial charge < -0.3 is 0 Å². The second-order valence-corrected chi connectivity index (χ2v) is 6.22. The van der Waals surface area contributed by atoms with Gasteiger partial charge in [0.2, 0.25) is 5.95 Å². The van der Waals surface area contributed by atoms with E-state index in [4.69, 9.17) is 11.6 Å². The largest absolute Gasteiger partial charge is 0.245 e. The minimum Gasteiger partial charge on any atom is -0.245 e. The van der Waals surface area contributed by atoms with Crippen LogP contribution < -0.4 is 5.43 Å². The maximum Gasteiger partial charge on any atom is 0.243 e. The molecule has 0 radical (unpaired) electrons. The third kappa shape index (κ3) is 4.12. The molecule has 0 atom stereocenters. The first kappa shape index (κ1) is 15.6. The van der Waals surface area contributed by atoms with Gasteiger partial charge in [-0.2, -0.15) is 5.10 Å². The molecule has 0 saturated carbocycles. The van der Waals surface area contributed by atoms with Crippen molar-refractivity contribution in [3.05, 3.63) is 57.8 Å². The van der Waals surface area contributed by atoms with Crippen molar-refractivity contribution in [2.75, 3.05) is 5.43 Å². The Kier molecular flexibility index (Phi) is 4.64. The third-order valence-electron chi connectivity index (χ3n) is 2.96. The van der Waals surface area contributed by atoms with Crippen molar-refractivity contribution in [3.63, 3.8) is 0 Å². The first-order chi connectivity index (χ1) is 11.1. The Morgan fingerprint density at radius 1 is 1.09 bits per heavy atom. The molecule has 2 aromatic heterocycles. The molecule has 3 aromatic rings. The summed E-state index contributed by atoms with van der Waals surface area (Å²) < 4.78 is 0. The van der Waals surface area contributed by atoms with Crippen LogP contribution in [-0.2, 0) is 0 Å².